The van der Waals surface area contributed by atoms with Gasteiger partial charge in [-0.05, 0) is 41.8 Å². The van der Waals surface area contributed by atoms with Crippen molar-refractivity contribution in [2.45, 2.75) is 32.4 Å². The Hall–Kier alpha value is -3.86. The summed E-state index contributed by atoms with van der Waals surface area (Å²) in [6, 6.07) is 24.2. The van der Waals surface area contributed by atoms with Crippen LogP contribution in [0.15, 0.2) is 88.1 Å². The standard InChI is InChI=1S/C28H25NO4/c1-2-3-16-29-25(20-12-9-13-21(17-20)32-18-19-10-5-4-6-11-19)24-26(30)22-14-7-8-15-23(22)33-27(24)28(29)31/h4-15,17,25H,2-3,16,18H2,1H3/t25-/m1/s1. The van der Waals surface area contributed by atoms with Gasteiger partial charge >= 0.3 is 0 Å². The van der Waals surface area contributed by atoms with Crippen LogP contribution in [0.3, 0.4) is 0 Å². The third-order valence-electron chi connectivity index (χ3n) is 6.05. The molecule has 1 aromatic heterocycles. The number of rotatable bonds is 7. The van der Waals surface area contributed by atoms with E-state index in [0.29, 0.717) is 35.4 Å². The van der Waals surface area contributed by atoms with Gasteiger partial charge in [-0.1, -0.05) is 67.9 Å². The zero-order chi connectivity index (χ0) is 22.8. The fourth-order valence-corrected chi connectivity index (χ4v) is 4.39. The highest BCUT2D eigenvalue weighted by Gasteiger charge is 2.42. The molecule has 0 spiro atoms. The number of hydrogen-bond donors (Lipinski definition) is 0. The number of hydrogen-bond acceptors (Lipinski definition) is 4. The smallest absolute Gasteiger partial charge is 0.290 e. The first-order valence-electron chi connectivity index (χ1n) is 11.3. The van der Waals surface area contributed by atoms with Gasteiger partial charge in [0.25, 0.3) is 5.91 Å². The van der Waals surface area contributed by atoms with E-state index in [9.17, 15) is 9.59 Å². The maximum atomic E-state index is 13.5. The number of nitrogens with zero attached hydrogens (tertiary/aromatic N) is 1. The topological polar surface area (TPSA) is 59.8 Å². The summed E-state index contributed by atoms with van der Waals surface area (Å²) < 4.78 is 12.0. The van der Waals surface area contributed by atoms with Crippen LogP contribution >= 0.6 is 0 Å². The van der Waals surface area contributed by atoms with Crippen molar-refractivity contribution >= 4 is 16.9 Å². The number of unbranched alkanes of at least 4 members (excludes halogenated alkanes) is 1. The number of para-hydroxylation sites is 1. The molecule has 1 aliphatic heterocycles. The van der Waals surface area contributed by atoms with Gasteiger partial charge < -0.3 is 14.1 Å². The van der Waals surface area contributed by atoms with Gasteiger partial charge in [-0.3, -0.25) is 9.59 Å². The summed E-state index contributed by atoms with van der Waals surface area (Å²) in [5, 5.41) is 0.489. The average molecular weight is 440 g/mol. The SMILES string of the molecule is CCCCN1C(=O)c2oc3ccccc3c(=O)c2[C@H]1c1cccc(OCc2ccccc2)c1. The van der Waals surface area contributed by atoms with Crippen LogP contribution in [-0.4, -0.2) is 17.4 Å². The van der Waals surface area contributed by atoms with Crippen LogP contribution in [-0.2, 0) is 6.61 Å². The normalized spacial score (nSPS) is 15.1. The van der Waals surface area contributed by atoms with E-state index in [1.807, 2.05) is 60.7 Å². The van der Waals surface area contributed by atoms with Gasteiger partial charge in [-0.2, -0.15) is 0 Å². The van der Waals surface area contributed by atoms with Crippen LogP contribution < -0.4 is 10.2 Å². The third kappa shape index (κ3) is 3.91. The molecular formula is C28H25NO4. The average Bonchev–Trinajstić information content (AvgIpc) is 3.14. The molecule has 3 aromatic carbocycles. The minimum atomic E-state index is -0.500. The van der Waals surface area contributed by atoms with Crippen molar-refractivity contribution in [3.8, 4) is 5.75 Å². The van der Waals surface area contributed by atoms with Gasteiger partial charge in [0.15, 0.2) is 5.43 Å². The summed E-state index contributed by atoms with van der Waals surface area (Å²) in [7, 11) is 0. The van der Waals surface area contributed by atoms with Gasteiger partial charge in [-0.25, -0.2) is 0 Å². The summed E-state index contributed by atoms with van der Waals surface area (Å²) in [6.45, 7) is 3.07. The van der Waals surface area contributed by atoms with Crippen LogP contribution in [0.5, 0.6) is 5.75 Å². The highest BCUT2D eigenvalue weighted by Crippen LogP contribution is 2.39. The molecule has 0 bridgehead atoms. The zero-order valence-corrected chi connectivity index (χ0v) is 18.5. The lowest BCUT2D eigenvalue weighted by molar-refractivity contribution is 0.0725. The molecule has 5 nitrogen and oxygen atoms in total. The molecule has 0 radical (unpaired) electrons. The van der Waals surface area contributed by atoms with E-state index in [-0.39, 0.29) is 17.1 Å². The van der Waals surface area contributed by atoms with E-state index in [1.165, 1.54) is 0 Å². The molecule has 0 aliphatic carbocycles. The summed E-state index contributed by atoms with van der Waals surface area (Å²) in [5.74, 6) is 0.607. The van der Waals surface area contributed by atoms with Crippen LogP contribution in [0.4, 0.5) is 0 Å². The Morgan fingerprint density at radius 3 is 2.55 bits per heavy atom. The minimum absolute atomic E-state index is 0.149. The van der Waals surface area contributed by atoms with E-state index >= 15 is 0 Å². The second-order valence-electron chi connectivity index (χ2n) is 8.27. The largest absolute Gasteiger partial charge is 0.489 e. The minimum Gasteiger partial charge on any atom is -0.489 e. The van der Waals surface area contributed by atoms with Crippen molar-refractivity contribution in [1.29, 1.82) is 0 Å². The molecule has 0 fully saturated rings. The molecule has 4 aromatic rings. The molecule has 0 N–H and O–H groups in total. The molecule has 0 saturated heterocycles. The van der Waals surface area contributed by atoms with E-state index in [0.717, 1.165) is 24.0 Å². The fourth-order valence-electron chi connectivity index (χ4n) is 4.39. The number of amides is 1. The van der Waals surface area contributed by atoms with Crippen molar-refractivity contribution in [3.63, 3.8) is 0 Å². The van der Waals surface area contributed by atoms with E-state index in [4.69, 9.17) is 9.15 Å². The summed E-state index contributed by atoms with van der Waals surface area (Å²) in [4.78, 5) is 28.6. The monoisotopic (exact) mass is 439 g/mol. The van der Waals surface area contributed by atoms with Crippen LogP contribution in [0, 0.1) is 0 Å². The molecule has 166 valence electrons. The van der Waals surface area contributed by atoms with Crippen LogP contribution in [0.2, 0.25) is 0 Å². The van der Waals surface area contributed by atoms with Crippen molar-refractivity contribution in [1.82, 2.24) is 4.90 Å². The highest BCUT2D eigenvalue weighted by atomic mass is 16.5. The molecule has 1 amide bonds. The second kappa shape index (κ2) is 8.94. The highest BCUT2D eigenvalue weighted by molar-refractivity contribution is 5.99. The Balaban J connectivity index is 1.57. The predicted octanol–water partition coefficient (Wildman–Crippen LogP) is 5.72. The summed E-state index contributed by atoms with van der Waals surface area (Å²) in [5.41, 5.74) is 2.60. The molecule has 1 atom stereocenters. The van der Waals surface area contributed by atoms with Gasteiger partial charge in [0.05, 0.1) is 17.0 Å². The second-order valence-corrected chi connectivity index (χ2v) is 8.27. The van der Waals surface area contributed by atoms with Crippen molar-refractivity contribution in [2.75, 3.05) is 6.54 Å². The summed E-state index contributed by atoms with van der Waals surface area (Å²) >= 11 is 0. The zero-order valence-electron chi connectivity index (χ0n) is 18.5. The van der Waals surface area contributed by atoms with Crippen LogP contribution in [0.25, 0.3) is 11.0 Å². The number of benzene rings is 3. The Kier molecular flexibility index (Phi) is 5.69. The predicted molar refractivity (Wildman–Crippen MR) is 127 cm³/mol. The van der Waals surface area contributed by atoms with Crippen molar-refractivity contribution < 1.29 is 13.9 Å². The first-order chi connectivity index (χ1) is 16.2. The first-order valence-corrected chi connectivity index (χ1v) is 11.3. The summed E-state index contributed by atoms with van der Waals surface area (Å²) in [6.07, 6.45) is 1.78. The molecule has 1 aliphatic rings. The van der Waals surface area contributed by atoms with E-state index in [1.54, 1.807) is 23.1 Å². The fraction of sp³-hybridized carbons (Fsp3) is 0.214. The number of ether oxygens (including phenoxy) is 1. The number of carbonyl (C=O) groups excluding carboxylic acids is 1. The van der Waals surface area contributed by atoms with Crippen LogP contribution in [0.1, 0.15) is 53.1 Å². The Morgan fingerprint density at radius 1 is 0.939 bits per heavy atom. The molecule has 33 heavy (non-hydrogen) atoms. The Labute approximate surface area is 192 Å². The first kappa shape index (κ1) is 21.0. The van der Waals surface area contributed by atoms with Gasteiger partial charge in [0, 0.05) is 6.54 Å². The van der Waals surface area contributed by atoms with Crippen molar-refractivity contribution in [3.05, 3.63) is 112 Å². The maximum absolute atomic E-state index is 13.5. The molecule has 5 heteroatoms. The lowest BCUT2D eigenvalue weighted by Gasteiger charge is -2.25. The van der Waals surface area contributed by atoms with Gasteiger partial charge in [0.1, 0.15) is 17.9 Å². The third-order valence-corrected chi connectivity index (χ3v) is 6.05. The van der Waals surface area contributed by atoms with Gasteiger partial charge in [-0.15, -0.1) is 0 Å². The van der Waals surface area contributed by atoms with Crippen molar-refractivity contribution in [2.24, 2.45) is 0 Å². The molecular weight excluding hydrogens is 414 g/mol. The maximum Gasteiger partial charge on any atom is 0.290 e. The molecule has 0 saturated carbocycles. The lowest BCUT2D eigenvalue weighted by Crippen LogP contribution is -2.30. The van der Waals surface area contributed by atoms with Gasteiger partial charge in [0.2, 0.25) is 5.76 Å². The van der Waals surface area contributed by atoms with E-state index in [2.05, 4.69) is 6.92 Å². The van der Waals surface area contributed by atoms with E-state index < -0.39 is 6.04 Å². The molecule has 2 heterocycles. The Morgan fingerprint density at radius 2 is 1.73 bits per heavy atom. The Bertz CT molecular complexity index is 1360. The quantitative estimate of drug-likeness (QED) is 0.370. The molecule has 0 unspecified atom stereocenters. The lowest BCUT2D eigenvalue weighted by atomic mass is 9.98. The number of carbonyl (C=O) groups is 1. The molecule has 5 rings (SSSR count). The number of fused-ring (bicyclic) bond motifs is 2.